The zero-order valence-electron chi connectivity index (χ0n) is 14.6. The Morgan fingerprint density at radius 1 is 1.32 bits per heavy atom. The summed E-state index contributed by atoms with van der Waals surface area (Å²) in [6, 6.07) is -0.109. The van der Waals surface area contributed by atoms with E-state index in [-0.39, 0.29) is 49.0 Å². The summed E-state index contributed by atoms with van der Waals surface area (Å²) in [5, 5.41) is 11.8. The van der Waals surface area contributed by atoms with Gasteiger partial charge in [-0.3, -0.25) is 4.79 Å². The summed E-state index contributed by atoms with van der Waals surface area (Å²) < 4.78 is 7.88. The smallest absolute Gasteiger partial charge is 0.249 e. The van der Waals surface area contributed by atoms with Crippen LogP contribution in [0.2, 0.25) is 0 Å². The van der Waals surface area contributed by atoms with Crippen molar-refractivity contribution in [2.75, 3.05) is 6.54 Å². The Hall–Kier alpha value is -0.890. The Morgan fingerprint density at radius 3 is 2.80 bits per heavy atom. The molecule has 1 aromatic rings. The van der Waals surface area contributed by atoms with Crippen LogP contribution < -0.4 is 11.1 Å². The minimum Gasteiger partial charge on any atom is -0.364 e. The number of nitrogens with one attached hydrogen (secondary N) is 1. The fourth-order valence-electron chi connectivity index (χ4n) is 3.45. The minimum atomic E-state index is -0.385. The number of aryl methyl sites for hydroxylation is 1. The zero-order valence-corrected chi connectivity index (χ0v) is 16.3. The van der Waals surface area contributed by atoms with Gasteiger partial charge in [-0.25, -0.2) is 0 Å². The highest BCUT2D eigenvalue weighted by Crippen LogP contribution is 2.23. The zero-order chi connectivity index (χ0) is 16.2. The van der Waals surface area contributed by atoms with Gasteiger partial charge in [-0.05, 0) is 32.1 Å². The van der Waals surface area contributed by atoms with Gasteiger partial charge in [0, 0.05) is 19.5 Å². The van der Waals surface area contributed by atoms with Crippen molar-refractivity contribution in [3.8, 4) is 0 Å². The Labute approximate surface area is 161 Å². The van der Waals surface area contributed by atoms with Crippen LogP contribution in [0.3, 0.4) is 0 Å². The molecule has 3 heterocycles. The van der Waals surface area contributed by atoms with Crippen LogP contribution in [0.1, 0.15) is 63.1 Å². The van der Waals surface area contributed by atoms with Crippen LogP contribution in [0, 0.1) is 0 Å². The number of rotatable bonds is 5. The topological polar surface area (TPSA) is 95.1 Å². The van der Waals surface area contributed by atoms with Gasteiger partial charge in [0.15, 0.2) is 5.82 Å². The van der Waals surface area contributed by atoms with Crippen LogP contribution in [0.4, 0.5) is 0 Å². The van der Waals surface area contributed by atoms with Crippen LogP contribution in [0.15, 0.2) is 0 Å². The Balaban J connectivity index is 0.00000156. The maximum absolute atomic E-state index is 12.5. The van der Waals surface area contributed by atoms with E-state index < -0.39 is 0 Å². The predicted octanol–water partition coefficient (Wildman–Crippen LogP) is 1.92. The first-order chi connectivity index (χ1) is 11.2. The summed E-state index contributed by atoms with van der Waals surface area (Å²) in [7, 11) is 0. The van der Waals surface area contributed by atoms with Crippen molar-refractivity contribution in [2.45, 2.75) is 76.7 Å². The first-order valence-electron chi connectivity index (χ1n) is 8.80. The van der Waals surface area contributed by atoms with Crippen molar-refractivity contribution in [3.63, 3.8) is 0 Å². The standard InChI is InChI=1S/C16H27N5O2.2ClH/c1-2-12(18-16(22)13-8-7-11(10-17)23-13)15-20-19-14-6-4-3-5-9-21(14)15;;/h11-13H,2-10,17H2,1H3,(H,18,22);2*1H/t11-,12?,13+;;/m1../s1. The highest BCUT2D eigenvalue weighted by molar-refractivity contribution is 5.85. The number of fused-ring (bicyclic) bond motifs is 1. The SMILES string of the molecule is CCC(NC(=O)[C@@H]1CC[C@H](CN)O1)c1nnc2n1CCCCC2.Cl.Cl. The molecule has 25 heavy (non-hydrogen) atoms. The number of carbonyl (C=O) groups excluding carboxylic acids is 1. The lowest BCUT2D eigenvalue weighted by molar-refractivity contribution is -0.132. The number of halogens is 2. The second-order valence-electron chi connectivity index (χ2n) is 6.47. The minimum absolute atomic E-state index is 0. The quantitative estimate of drug-likeness (QED) is 0.796. The van der Waals surface area contributed by atoms with E-state index >= 15 is 0 Å². The largest absolute Gasteiger partial charge is 0.364 e. The van der Waals surface area contributed by atoms with Crippen molar-refractivity contribution in [1.82, 2.24) is 20.1 Å². The molecule has 0 aliphatic carbocycles. The molecule has 2 aliphatic heterocycles. The molecule has 1 fully saturated rings. The Bertz CT molecular complexity index is 555. The van der Waals surface area contributed by atoms with Crippen molar-refractivity contribution >= 4 is 30.7 Å². The van der Waals surface area contributed by atoms with Crippen LogP contribution in [-0.4, -0.2) is 39.4 Å². The van der Waals surface area contributed by atoms with Crippen molar-refractivity contribution in [1.29, 1.82) is 0 Å². The lowest BCUT2D eigenvalue weighted by Gasteiger charge is -2.20. The molecule has 3 N–H and O–H groups in total. The molecule has 1 aromatic heterocycles. The first kappa shape index (κ1) is 22.2. The van der Waals surface area contributed by atoms with E-state index in [4.69, 9.17) is 10.5 Å². The number of carbonyl (C=O) groups is 1. The van der Waals surface area contributed by atoms with Gasteiger partial charge < -0.3 is 20.4 Å². The summed E-state index contributed by atoms with van der Waals surface area (Å²) in [5.74, 6) is 1.87. The summed E-state index contributed by atoms with van der Waals surface area (Å²) in [6.45, 7) is 3.47. The first-order valence-corrected chi connectivity index (χ1v) is 8.80. The molecule has 1 saturated heterocycles. The van der Waals surface area contributed by atoms with E-state index in [1.54, 1.807) is 0 Å². The van der Waals surface area contributed by atoms with Crippen molar-refractivity contribution < 1.29 is 9.53 Å². The van der Waals surface area contributed by atoms with Crippen LogP contribution >= 0.6 is 24.8 Å². The highest BCUT2D eigenvalue weighted by atomic mass is 35.5. The molecule has 0 aromatic carbocycles. The molecule has 7 nitrogen and oxygen atoms in total. The van der Waals surface area contributed by atoms with Gasteiger partial charge in [0.25, 0.3) is 0 Å². The third-order valence-corrected chi connectivity index (χ3v) is 4.84. The van der Waals surface area contributed by atoms with E-state index in [9.17, 15) is 4.79 Å². The summed E-state index contributed by atoms with van der Waals surface area (Å²) in [6.07, 6.45) is 6.51. The number of amides is 1. The fourth-order valence-corrected chi connectivity index (χ4v) is 3.45. The highest BCUT2D eigenvalue weighted by Gasteiger charge is 2.32. The molecule has 0 saturated carbocycles. The van der Waals surface area contributed by atoms with Gasteiger partial charge >= 0.3 is 0 Å². The van der Waals surface area contributed by atoms with E-state index in [1.807, 2.05) is 0 Å². The van der Waals surface area contributed by atoms with E-state index in [1.165, 1.54) is 6.42 Å². The van der Waals surface area contributed by atoms with Gasteiger partial charge in [0.05, 0.1) is 12.1 Å². The average molecular weight is 394 g/mol. The monoisotopic (exact) mass is 393 g/mol. The summed E-state index contributed by atoms with van der Waals surface area (Å²) >= 11 is 0. The lowest BCUT2D eigenvalue weighted by atomic mass is 10.1. The second kappa shape index (κ2) is 10.3. The number of aromatic nitrogens is 3. The number of nitrogens with zero attached hydrogens (tertiary/aromatic N) is 3. The second-order valence-corrected chi connectivity index (χ2v) is 6.47. The molecule has 0 spiro atoms. The number of hydrogen-bond acceptors (Lipinski definition) is 5. The molecule has 0 radical (unpaired) electrons. The molecule has 3 rings (SSSR count). The van der Waals surface area contributed by atoms with Gasteiger partial charge in [-0.2, -0.15) is 0 Å². The van der Waals surface area contributed by atoms with Crippen LogP contribution in [0.5, 0.6) is 0 Å². The molecule has 1 unspecified atom stereocenters. The van der Waals surface area contributed by atoms with Gasteiger partial charge in [0.2, 0.25) is 5.91 Å². The summed E-state index contributed by atoms with van der Waals surface area (Å²) in [5.41, 5.74) is 5.61. The third kappa shape index (κ3) is 5.06. The van der Waals surface area contributed by atoms with E-state index in [0.717, 1.165) is 56.7 Å². The molecule has 1 amide bonds. The van der Waals surface area contributed by atoms with Crippen molar-refractivity contribution in [3.05, 3.63) is 11.6 Å². The molecular weight excluding hydrogens is 365 g/mol. The maximum Gasteiger partial charge on any atom is 0.249 e. The maximum atomic E-state index is 12.5. The van der Waals surface area contributed by atoms with Crippen molar-refractivity contribution in [2.24, 2.45) is 5.73 Å². The van der Waals surface area contributed by atoms with E-state index in [2.05, 4.69) is 27.0 Å². The molecule has 2 aliphatic rings. The lowest BCUT2D eigenvalue weighted by Crippen LogP contribution is -2.38. The molecule has 144 valence electrons. The van der Waals surface area contributed by atoms with Gasteiger partial charge in [0.1, 0.15) is 11.9 Å². The molecule has 9 heteroatoms. The molecule has 3 atom stereocenters. The normalized spacial score (nSPS) is 23.6. The average Bonchev–Trinajstić information content (AvgIpc) is 3.14. The van der Waals surface area contributed by atoms with Gasteiger partial charge in [-0.15, -0.1) is 35.0 Å². The summed E-state index contributed by atoms with van der Waals surface area (Å²) in [4.78, 5) is 12.5. The Morgan fingerprint density at radius 2 is 2.12 bits per heavy atom. The predicted molar refractivity (Wildman–Crippen MR) is 100 cm³/mol. The number of nitrogens with two attached hydrogens (primary N) is 1. The van der Waals surface area contributed by atoms with Crippen LogP contribution in [0.25, 0.3) is 0 Å². The molecular formula is C16H29Cl2N5O2. The number of ether oxygens (including phenoxy) is 1. The molecule has 0 bridgehead atoms. The van der Waals surface area contributed by atoms with E-state index in [0.29, 0.717) is 6.54 Å². The number of hydrogen-bond donors (Lipinski definition) is 2. The fraction of sp³-hybridized carbons (Fsp3) is 0.812. The van der Waals surface area contributed by atoms with Crippen LogP contribution in [-0.2, 0) is 22.5 Å². The third-order valence-electron chi connectivity index (χ3n) is 4.84. The Kier molecular flexibility index (Phi) is 9.13. The van der Waals surface area contributed by atoms with Gasteiger partial charge in [-0.1, -0.05) is 13.3 Å².